The van der Waals surface area contributed by atoms with Crippen LogP contribution in [0.25, 0.3) is 0 Å². The SMILES string of the molecule is C=C/C=C(\C=C/N)C1(C)CCN2CCC(C)(c3ccncc3)c3cc(NC(=O)OC)cc1c32. The summed E-state index contributed by atoms with van der Waals surface area (Å²) in [5.41, 5.74) is 11.9. The van der Waals surface area contributed by atoms with Crippen LogP contribution in [0.2, 0.25) is 0 Å². The van der Waals surface area contributed by atoms with Crippen molar-refractivity contribution < 1.29 is 9.53 Å². The van der Waals surface area contributed by atoms with E-state index >= 15 is 0 Å². The number of benzene rings is 1. The molecule has 2 aliphatic heterocycles. The second kappa shape index (κ2) is 8.77. The van der Waals surface area contributed by atoms with Gasteiger partial charge in [0.15, 0.2) is 0 Å². The Morgan fingerprint density at radius 1 is 1.21 bits per heavy atom. The van der Waals surface area contributed by atoms with Crippen molar-refractivity contribution in [1.29, 1.82) is 0 Å². The van der Waals surface area contributed by atoms with Crippen molar-refractivity contribution in [3.05, 3.63) is 89.9 Å². The van der Waals surface area contributed by atoms with Crippen molar-refractivity contribution in [3.8, 4) is 0 Å². The zero-order valence-corrected chi connectivity index (χ0v) is 19.6. The fourth-order valence-electron chi connectivity index (χ4n) is 5.35. The summed E-state index contributed by atoms with van der Waals surface area (Å²) in [6, 6.07) is 8.36. The van der Waals surface area contributed by atoms with E-state index in [0.717, 1.165) is 37.2 Å². The normalized spacial score (nSPS) is 24.3. The summed E-state index contributed by atoms with van der Waals surface area (Å²) in [6.45, 7) is 10.3. The summed E-state index contributed by atoms with van der Waals surface area (Å²) in [5.74, 6) is 0. The summed E-state index contributed by atoms with van der Waals surface area (Å²) in [6.07, 6.45) is 12.5. The first-order chi connectivity index (χ1) is 15.9. The number of aromatic nitrogens is 1. The molecule has 0 saturated carbocycles. The van der Waals surface area contributed by atoms with Gasteiger partial charge in [-0.2, -0.15) is 0 Å². The van der Waals surface area contributed by atoms with Gasteiger partial charge in [-0.1, -0.05) is 32.6 Å². The van der Waals surface area contributed by atoms with E-state index in [2.05, 4.69) is 59.9 Å². The Labute approximate surface area is 195 Å². The van der Waals surface area contributed by atoms with Crippen molar-refractivity contribution in [2.45, 2.75) is 37.5 Å². The minimum absolute atomic E-state index is 0.221. The highest BCUT2D eigenvalue weighted by atomic mass is 16.5. The lowest BCUT2D eigenvalue weighted by molar-refractivity contribution is 0.187. The Morgan fingerprint density at radius 3 is 2.58 bits per heavy atom. The summed E-state index contributed by atoms with van der Waals surface area (Å²) in [7, 11) is 1.38. The maximum Gasteiger partial charge on any atom is 0.411 e. The Morgan fingerprint density at radius 2 is 1.91 bits per heavy atom. The molecular weight excluding hydrogens is 412 g/mol. The van der Waals surface area contributed by atoms with Gasteiger partial charge in [-0.25, -0.2) is 4.79 Å². The molecule has 0 bridgehead atoms. The molecule has 0 saturated heterocycles. The predicted molar refractivity (Wildman–Crippen MR) is 134 cm³/mol. The number of hydrogen-bond acceptors (Lipinski definition) is 5. The number of ether oxygens (including phenoxy) is 1. The lowest BCUT2D eigenvalue weighted by Gasteiger charge is -2.50. The van der Waals surface area contributed by atoms with Crippen LogP contribution in [-0.4, -0.2) is 31.3 Å². The molecule has 6 heteroatoms. The van der Waals surface area contributed by atoms with Crippen LogP contribution < -0.4 is 16.0 Å². The number of amides is 1. The number of anilines is 2. The Balaban J connectivity index is 2.01. The zero-order chi connectivity index (χ0) is 23.6. The molecule has 0 aliphatic carbocycles. The summed E-state index contributed by atoms with van der Waals surface area (Å²) in [5, 5.41) is 2.91. The van der Waals surface area contributed by atoms with E-state index in [-0.39, 0.29) is 10.8 Å². The number of nitrogens with one attached hydrogen (secondary N) is 1. The minimum Gasteiger partial charge on any atom is -0.453 e. The van der Waals surface area contributed by atoms with E-state index in [9.17, 15) is 4.79 Å². The smallest absolute Gasteiger partial charge is 0.411 e. The van der Waals surface area contributed by atoms with Crippen LogP contribution in [0.1, 0.15) is 43.4 Å². The third-order valence-corrected chi connectivity index (χ3v) is 7.34. The number of nitrogens with two attached hydrogens (primary N) is 1. The number of nitrogens with zero attached hydrogens (tertiary/aromatic N) is 2. The molecule has 3 N–H and O–H groups in total. The fourth-order valence-corrected chi connectivity index (χ4v) is 5.35. The third kappa shape index (κ3) is 3.80. The number of carbonyl (C=O) groups is 1. The van der Waals surface area contributed by atoms with Gasteiger partial charge in [0.2, 0.25) is 0 Å². The highest BCUT2D eigenvalue weighted by Gasteiger charge is 2.45. The van der Waals surface area contributed by atoms with E-state index < -0.39 is 6.09 Å². The molecule has 2 unspecified atom stereocenters. The number of pyridine rings is 1. The van der Waals surface area contributed by atoms with Crippen molar-refractivity contribution in [2.24, 2.45) is 5.73 Å². The molecule has 0 radical (unpaired) electrons. The standard InChI is InChI=1S/C27H32N4O2/c1-5-6-19(7-12-28)26(2)10-15-31-16-11-27(3,20-8-13-29-14-9-20)23-18-21(30-25(32)33-4)17-22(26)24(23)31/h5-9,12-14,17-18H,1,10-11,15-16,28H2,2-4H3,(H,30,32)/b12-7-,19-6+. The molecule has 1 aromatic carbocycles. The maximum atomic E-state index is 12.2. The first-order valence-corrected chi connectivity index (χ1v) is 11.3. The van der Waals surface area contributed by atoms with Crippen LogP contribution in [0.5, 0.6) is 0 Å². The van der Waals surface area contributed by atoms with Crippen LogP contribution in [0.4, 0.5) is 16.2 Å². The lowest BCUT2D eigenvalue weighted by atomic mass is 9.64. The highest BCUT2D eigenvalue weighted by Crippen LogP contribution is 2.54. The van der Waals surface area contributed by atoms with Gasteiger partial charge in [-0.3, -0.25) is 10.3 Å². The van der Waals surface area contributed by atoms with E-state index in [4.69, 9.17) is 10.5 Å². The van der Waals surface area contributed by atoms with Crippen LogP contribution in [-0.2, 0) is 15.6 Å². The maximum absolute atomic E-state index is 12.2. The molecule has 2 atom stereocenters. The van der Waals surface area contributed by atoms with Gasteiger partial charge in [0, 0.05) is 47.7 Å². The summed E-state index contributed by atoms with van der Waals surface area (Å²) in [4.78, 5) is 18.9. The molecule has 2 aromatic rings. The second-order valence-corrected chi connectivity index (χ2v) is 9.14. The second-order valence-electron chi connectivity index (χ2n) is 9.14. The van der Waals surface area contributed by atoms with Gasteiger partial charge < -0.3 is 15.4 Å². The average Bonchev–Trinajstić information content (AvgIpc) is 2.83. The summed E-state index contributed by atoms with van der Waals surface area (Å²) < 4.78 is 4.90. The zero-order valence-electron chi connectivity index (χ0n) is 19.6. The molecule has 0 fully saturated rings. The lowest BCUT2D eigenvalue weighted by Crippen LogP contribution is -2.47. The molecule has 2 aliphatic rings. The molecule has 4 rings (SSSR count). The van der Waals surface area contributed by atoms with Crippen LogP contribution in [0.3, 0.4) is 0 Å². The van der Waals surface area contributed by atoms with Crippen molar-refractivity contribution in [3.63, 3.8) is 0 Å². The molecule has 172 valence electrons. The molecular formula is C27H32N4O2. The molecule has 1 aromatic heterocycles. The number of carbonyl (C=O) groups excluding carboxylic acids is 1. The Bertz CT molecular complexity index is 1120. The third-order valence-electron chi connectivity index (χ3n) is 7.34. The van der Waals surface area contributed by atoms with Gasteiger partial charge in [0.05, 0.1) is 7.11 Å². The highest BCUT2D eigenvalue weighted by molar-refractivity contribution is 5.87. The number of hydrogen-bond donors (Lipinski definition) is 2. The Kier molecular flexibility index (Phi) is 6.02. The Hall–Kier alpha value is -3.54. The average molecular weight is 445 g/mol. The molecule has 1 amide bonds. The van der Waals surface area contributed by atoms with Crippen LogP contribution in [0.15, 0.2) is 73.2 Å². The van der Waals surface area contributed by atoms with Crippen molar-refractivity contribution >= 4 is 17.5 Å². The topological polar surface area (TPSA) is 80.5 Å². The number of methoxy groups -OCH3 is 1. The van der Waals surface area contributed by atoms with Crippen LogP contribution in [0, 0.1) is 0 Å². The van der Waals surface area contributed by atoms with Gasteiger partial charge in [0.25, 0.3) is 0 Å². The summed E-state index contributed by atoms with van der Waals surface area (Å²) >= 11 is 0. The minimum atomic E-state index is -0.485. The number of rotatable bonds is 5. The monoisotopic (exact) mass is 444 g/mol. The van der Waals surface area contributed by atoms with Crippen molar-refractivity contribution in [2.75, 3.05) is 30.4 Å². The van der Waals surface area contributed by atoms with Crippen molar-refractivity contribution in [1.82, 2.24) is 4.98 Å². The largest absolute Gasteiger partial charge is 0.453 e. The number of allylic oxidation sites excluding steroid dienone is 4. The van der Waals surface area contributed by atoms with E-state index in [0.29, 0.717) is 0 Å². The van der Waals surface area contributed by atoms with E-state index in [1.165, 1.54) is 29.5 Å². The van der Waals surface area contributed by atoms with Gasteiger partial charge in [-0.15, -0.1) is 0 Å². The quantitative estimate of drug-likeness (QED) is 0.633. The first-order valence-electron chi connectivity index (χ1n) is 11.3. The first kappa shape index (κ1) is 22.6. The predicted octanol–water partition coefficient (Wildman–Crippen LogP) is 5.02. The molecule has 6 nitrogen and oxygen atoms in total. The molecule has 0 spiro atoms. The van der Waals surface area contributed by atoms with Crippen LogP contribution >= 0.6 is 0 Å². The van der Waals surface area contributed by atoms with E-state index in [1.54, 1.807) is 12.3 Å². The van der Waals surface area contributed by atoms with Gasteiger partial charge in [0.1, 0.15) is 0 Å². The van der Waals surface area contributed by atoms with Gasteiger partial charge in [-0.05, 0) is 71.6 Å². The van der Waals surface area contributed by atoms with E-state index in [1.807, 2.05) is 24.5 Å². The molecule has 3 heterocycles. The fraction of sp³-hybridized carbons (Fsp3) is 0.333. The molecule has 33 heavy (non-hydrogen) atoms. The van der Waals surface area contributed by atoms with Gasteiger partial charge >= 0.3 is 6.09 Å².